The summed E-state index contributed by atoms with van der Waals surface area (Å²) in [5.74, 6) is 0.100. The van der Waals surface area contributed by atoms with Gasteiger partial charge in [-0.15, -0.1) is 0 Å². The van der Waals surface area contributed by atoms with E-state index in [1.807, 2.05) is 0 Å². The van der Waals surface area contributed by atoms with E-state index in [-0.39, 0.29) is 5.78 Å². The third-order valence-corrected chi connectivity index (χ3v) is 0.974. The maximum atomic E-state index is 10.6. The van der Waals surface area contributed by atoms with Gasteiger partial charge in [-0.3, -0.25) is 9.79 Å². The second kappa shape index (κ2) is 2.97. The van der Waals surface area contributed by atoms with Gasteiger partial charge in [-0.25, -0.2) is 0 Å². The van der Waals surface area contributed by atoms with Crippen LogP contribution in [-0.4, -0.2) is 12.0 Å². The Bertz CT molecular complexity index is 189. The van der Waals surface area contributed by atoms with Gasteiger partial charge in [0, 0.05) is 18.8 Å². The lowest BCUT2D eigenvalue weighted by molar-refractivity contribution is -0.113. The summed E-state index contributed by atoms with van der Waals surface area (Å²) < 4.78 is 0. The molecule has 2 nitrogen and oxygen atoms in total. The van der Waals surface area contributed by atoms with Crippen molar-refractivity contribution in [3.63, 3.8) is 0 Å². The van der Waals surface area contributed by atoms with Gasteiger partial charge >= 0.3 is 0 Å². The molecular formula is C7H7NO. The average Bonchev–Trinajstić information content (AvgIpc) is 1.79. The summed E-state index contributed by atoms with van der Waals surface area (Å²) in [4.78, 5) is 14.4. The minimum atomic E-state index is 0.100. The van der Waals surface area contributed by atoms with E-state index in [0.717, 1.165) is 0 Å². The first-order chi connectivity index (χ1) is 4.39. The predicted molar refractivity (Wildman–Crippen MR) is 36.4 cm³/mol. The summed E-state index contributed by atoms with van der Waals surface area (Å²) >= 11 is 0. The molecule has 9 heavy (non-hydrogen) atoms. The molecule has 0 radical (unpaired) electrons. The van der Waals surface area contributed by atoms with Crippen LogP contribution < -0.4 is 0 Å². The Morgan fingerprint density at radius 1 is 1.56 bits per heavy atom. The Morgan fingerprint density at radius 3 is 3.33 bits per heavy atom. The van der Waals surface area contributed by atoms with Gasteiger partial charge in [-0.2, -0.15) is 0 Å². The van der Waals surface area contributed by atoms with E-state index in [2.05, 4.69) is 4.99 Å². The third kappa shape index (κ3) is 2.04. The largest absolute Gasteiger partial charge is 0.294 e. The van der Waals surface area contributed by atoms with Gasteiger partial charge in [0.15, 0.2) is 5.78 Å². The van der Waals surface area contributed by atoms with Crippen LogP contribution in [-0.2, 0) is 4.79 Å². The zero-order valence-electron chi connectivity index (χ0n) is 4.95. The highest BCUT2D eigenvalue weighted by atomic mass is 16.1. The number of ketones is 1. The lowest BCUT2D eigenvalue weighted by Crippen LogP contribution is -1.89. The van der Waals surface area contributed by atoms with Crippen LogP contribution in [0.4, 0.5) is 0 Å². The number of carbonyl (C=O) groups excluding carboxylic acids is 1. The van der Waals surface area contributed by atoms with Crippen LogP contribution in [0.5, 0.6) is 0 Å². The minimum absolute atomic E-state index is 0.100. The van der Waals surface area contributed by atoms with E-state index in [0.29, 0.717) is 6.42 Å². The molecule has 0 aromatic rings. The zero-order valence-corrected chi connectivity index (χ0v) is 4.95. The van der Waals surface area contributed by atoms with E-state index in [1.54, 1.807) is 18.4 Å². The normalized spacial score (nSPS) is 28.2. The summed E-state index contributed by atoms with van der Waals surface area (Å²) in [6.07, 6.45) is 8.67. The molecule has 1 heterocycles. The van der Waals surface area contributed by atoms with Crippen molar-refractivity contribution in [2.24, 2.45) is 4.99 Å². The topological polar surface area (TPSA) is 29.4 Å². The highest BCUT2D eigenvalue weighted by molar-refractivity contribution is 5.92. The summed E-state index contributed by atoms with van der Waals surface area (Å²) in [5.41, 5.74) is 0. The van der Waals surface area contributed by atoms with Crippen molar-refractivity contribution in [2.45, 2.75) is 6.42 Å². The summed E-state index contributed by atoms with van der Waals surface area (Å²) in [7, 11) is 0. The quantitative estimate of drug-likeness (QED) is 0.472. The Kier molecular flexibility index (Phi) is 1.96. The van der Waals surface area contributed by atoms with Gasteiger partial charge in [0.2, 0.25) is 0 Å². The van der Waals surface area contributed by atoms with Crippen LogP contribution in [0.2, 0.25) is 0 Å². The van der Waals surface area contributed by atoms with Crippen molar-refractivity contribution in [1.82, 2.24) is 0 Å². The molecule has 2 heteroatoms. The fourth-order valence-corrected chi connectivity index (χ4v) is 0.539. The fraction of sp³-hybridized carbons (Fsp3) is 0.143. The highest BCUT2D eigenvalue weighted by Gasteiger charge is 1.90. The van der Waals surface area contributed by atoms with Gasteiger partial charge < -0.3 is 0 Å². The number of hydrogen-bond acceptors (Lipinski definition) is 2. The van der Waals surface area contributed by atoms with E-state index in [9.17, 15) is 4.79 Å². The molecule has 0 spiro atoms. The second-order valence-corrected chi connectivity index (χ2v) is 1.71. The van der Waals surface area contributed by atoms with Gasteiger partial charge in [-0.1, -0.05) is 6.08 Å². The van der Waals surface area contributed by atoms with Crippen LogP contribution in [0.3, 0.4) is 0 Å². The maximum absolute atomic E-state index is 10.6. The standard InChI is InChI=1S/C7H7NO/c9-7-3-1-2-5-8-6-4-7/h1-2,4-6H,3H2/b2-1-,6-4-,8-5-. The predicted octanol–water partition coefficient (Wildman–Crippen LogP) is 1.10. The SMILES string of the molecule is O=C1\C=C/N=C\C=C/C1. The monoisotopic (exact) mass is 121 g/mol. The summed E-state index contributed by atoms with van der Waals surface area (Å²) in [6.45, 7) is 0. The van der Waals surface area contributed by atoms with Crippen molar-refractivity contribution in [3.05, 3.63) is 24.4 Å². The number of aliphatic imine (C=N–C) groups is 1. The lowest BCUT2D eigenvalue weighted by Gasteiger charge is -1.86. The molecule has 0 fully saturated rings. The minimum Gasteiger partial charge on any atom is -0.294 e. The molecule has 0 amide bonds. The Hall–Kier alpha value is -1.18. The molecule has 0 N–H and O–H groups in total. The first kappa shape index (κ1) is 5.95. The third-order valence-electron chi connectivity index (χ3n) is 0.974. The van der Waals surface area contributed by atoms with Gasteiger partial charge in [-0.05, 0) is 12.2 Å². The molecule has 46 valence electrons. The van der Waals surface area contributed by atoms with Gasteiger partial charge in [0.25, 0.3) is 0 Å². The average molecular weight is 121 g/mol. The van der Waals surface area contributed by atoms with Crippen LogP contribution in [0, 0.1) is 0 Å². The summed E-state index contributed by atoms with van der Waals surface area (Å²) in [5, 5.41) is 0. The van der Waals surface area contributed by atoms with Crippen molar-refractivity contribution >= 4 is 12.0 Å². The smallest absolute Gasteiger partial charge is 0.160 e. The zero-order chi connectivity index (χ0) is 6.53. The number of hydrogen-bond donors (Lipinski definition) is 0. The van der Waals surface area contributed by atoms with E-state index >= 15 is 0 Å². The molecule has 0 aromatic carbocycles. The molecule has 0 atom stereocenters. The van der Waals surface area contributed by atoms with Crippen LogP contribution in [0.15, 0.2) is 29.4 Å². The first-order valence-electron chi connectivity index (χ1n) is 2.77. The van der Waals surface area contributed by atoms with E-state index in [4.69, 9.17) is 0 Å². The lowest BCUT2D eigenvalue weighted by atomic mass is 10.2. The van der Waals surface area contributed by atoms with Gasteiger partial charge in [0.05, 0.1) is 0 Å². The number of allylic oxidation sites excluding steroid dienone is 3. The van der Waals surface area contributed by atoms with Crippen molar-refractivity contribution in [2.75, 3.05) is 0 Å². The molecule has 1 aliphatic rings. The first-order valence-corrected chi connectivity index (χ1v) is 2.77. The van der Waals surface area contributed by atoms with Crippen molar-refractivity contribution in [1.29, 1.82) is 0 Å². The molecule has 0 aliphatic carbocycles. The second-order valence-electron chi connectivity index (χ2n) is 1.71. The molecule has 0 bridgehead atoms. The molecule has 0 saturated heterocycles. The molecule has 0 unspecified atom stereocenters. The molecule has 0 aromatic heterocycles. The Morgan fingerprint density at radius 2 is 2.44 bits per heavy atom. The maximum Gasteiger partial charge on any atom is 0.160 e. The van der Waals surface area contributed by atoms with Gasteiger partial charge in [0.1, 0.15) is 0 Å². The number of rotatable bonds is 0. The highest BCUT2D eigenvalue weighted by Crippen LogP contribution is 1.90. The molecule has 0 saturated carbocycles. The summed E-state index contributed by atoms with van der Waals surface area (Å²) in [6, 6.07) is 0. The molecule has 1 aliphatic heterocycles. The van der Waals surface area contributed by atoms with E-state index in [1.165, 1.54) is 12.3 Å². The van der Waals surface area contributed by atoms with Crippen molar-refractivity contribution < 1.29 is 4.79 Å². The molecule has 1 rings (SSSR count). The fourth-order valence-electron chi connectivity index (χ4n) is 0.539. The Balaban J connectivity index is 2.70. The Labute approximate surface area is 53.6 Å². The van der Waals surface area contributed by atoms with Crippen LogP contribution in [0.25, 0.3) is 0 Å². The number of nitrogens with zero attached hydrogens (tertiary/aromatic N) is 1. The van der Waals surface area contributed by atoms with Crippen LogP contribution >= 0.6 is 0 Å². The molecular weight excluding hydrogens is 114 g/mol. The van der Waals surface area contributed by atoms with Crippen LogP contribution in [0.1, 0.15) is 6.42 Å². The van der Waals surface area contributed by atoms with Crippen molar-refractivity contribution in [3.8, 4) is 0 Å². The number of carbonyl (C=O) groups is 1. The van der Waals surface area contributed by atoms with E-state index < -0.39 is 0 Å².